The largest absolute Gasteiger partial charge is 0.434 e. The van der Waals surface area contributed by atoms with E-state index in [1.54, 1.807) is 19.6 Å². The van der Waals surface area contributed by atoms with Crippen LogP contribution in [0.3, 0.4) is 0 Å². The molecule has 2 aromatic rings. The van der Waals surface area contributed by atoms with Crippen LogP contribution in [0.4, 0.5) is 13.2 Å². The topological polar surface area (TPSA) is 67.1 Å². The van der Waals surface area contributed by atoms with Crippen molar-refractivity contribution in [1.29, 1.82) is 0 Å². The number of halogens is 4. The third-order valence-corrected chi connectivity index (χ3v) is 3.54. The van der Waals surface area contributed by atoms with E-state index in [0.29, 0.717) is 24.1 Å². The minimum atomic E-state index is -4.40. The van der Waals surface area contributed by atoms with Crippen molar-refractivity contribution in [3.05, 3.63) is 34.8 Å². The Bertz CT molecular complexity index is 611. The van der Waals surface area contributed by atoms with Gasteiger partial charge in [-0.15, -0.1) is 35.3 Å². The van der Waals surface area contributed by atoms with E-state index in [9.17, 15) is 13.2 Å². The average molecular weight is 460 g/mol. The Balaban J connectivity index is 0.00000264. The summed E-state index contributed by atoms with van der Waals surface area (Å²) in [4.78, 5) is 11.5. The second kappa shape index (κ2) is 9.05. The summed E-state index contributed by atoms with van der Waals surface area (Å²) in [5, 5.41) is 7.34. The molecule has 0 saturated heterocycles. The Labute approximate surface area is 152 Å². The van der Waals surface area contributed by atoms with Crippen LogP contribution in [0.25, 0.3) is 0 Å². The fraction of sp³-hybridized carbons (Fsp3) is 0.417. The van der Waals surface area contributed by atoms with E-state index in [1.165, 1.54) is 0 Å². The van der Waals surface area contributed by atoms with Crippen LogP contribution in [0.5, 0.6) is 0 Å². The Morgan fingerprint density at radius 3 is 2.74 bits per heavy atom. The smallest absolute Gasteiger partial charge is 0.355 e. The molecule has 0 unspecified atom stereocenters. The monoisotopic (exact) mass is 460 g/mol. The van der Waals surface area contributed by atoms with Crippen molar-refractivity contribution in [2.24, 2.45) is 4.99 Å². The molecular weight excluding hydrogens is 444 g/mol. The molecule has 2 aromatic heterocycles. The Kier molecular flexibility index (Phi) is 7.75. The van der Waals surface area contributed by atoms with E-state index < -0.39 is 11.9 Å². The van der Waals surface area contributed by atoms with Crippen LogP contribution in [-0.4, -0.2) is 34.1 Å². The summed E-state index contributed by atoms with van der Waals surface area (Å²) in [7, 11) is 1.59. The first-order chi connectivity index (χ1) is 10.5. The van der Waals surface area contributed by atoms with Gasteiger partial charge in [-0.1, -0.05) is 0 Å². The summed E-state index contributed by atoms with van der Waals surface area (Å²) >= 11 is 0.962. The van der Waals surface area contributed by atoms with E-state index in [1.807, 2.05) is 10.8 Å². The summed E-state index contributed by atoms with van der Waals surface area (Å²) in [5.74, 6) is 0.504. The number of nitrogens with one attached hydrogen (secondary N) is 2. The average Bonchev–Trinajstić information content (AvgIpc) is 3.13. The zero-order valence-corrected chi connectivity index (χ0v) is 15.3. The predicted molar refractivity (Wildman–Crippen MR) is 93.0 cm³/mol. The highest BCUT2D eigenvalue weighted by atomic mass is 127. The predicted octanol–water partition coefficient (Wildman–Crippen LogP) is 2.34. The molecule has 0 spiro atoms. The van der Waals surface area contributed by atoms with Crippen molar-refractivity contribution in [1.82, 2.24) is 25.2 Å². The molecule has 2 N–H and O–H groups in total. The number of rotatable bonds is 5. The van der Waals surface area contributed by atoms with Crippen LogP contribution < -0.4 is 10.6 Å². The molecule has 0 aromatic carbocycles. The first-order valence-electron chi connectivity index (χ1n) is 6.41. The van der Waals surface area contributed by atoms with Gasteiger partial charge in [-0.2, -0.15) is 13.2 Å². The molecule has 0 amide bonds. The van der Waals surface area contributed by atoms with E-state index >= 15 is 0 Å². The van der Waals surface area contributed by atoms with Crippen molar-refractivity contribution in [3.63, 3.8) is 0 Å². The highest BCUT2D eigenvalue weighted by molar-refractivity contribution is 14.0. The summed E-state index contributed by atoms with van der Waals surface area (Å²) in [6.07, 6.45) is 0.825. The van der Waals surface area contributed by atoms with E-state index in [2.05, 4.69) is 25.6 Å². The number of hydrogen-bond acceptors (Lipinski definition) is 4. The van der Waals surface area contributed by atoms with Gasteiger partial charge >= 0.3 is 6.18 Å². The second-order valence-electron chi connectivity index (χ2n) is 4.28. The highest BCUT2D eigenvalue weighted by Gasteiger charge is 2.33. The SMILES string of the molecule is CN=C(NCCn1ccnc1)NCc1nc(C(F)(F)F)cs1.I. The zero-order chi connectivity index (χ0) is 16.0. The first-order valence-corrected chi connectivity index (χ1v) is 7.29. The number of aromatic nitrogens is 3. The van der Waals surface area contributed by atoms with Gasteiger partial charge in [-0.25, -0.2) is 9.97 Å². The number of hydrogen-bond donors (Lipinski definition) is 2. The third kappa shape index (κ3) is 6.33. The maximum Gasteiger partial charge on any atom is 0.434 e. The lowest BCUT2D eigenvalue weighted by Gasteiger charge is -2.11. The van der Waals surface area contributed by atoms with Gasteiger partial charge in [0.15, 0.2) is 11.7 Å². The Hall–Kier alpha value is -1.37. The molecule has 0 bridgehead atoms. The van der Waals surface area contributed by atoms with Gasteiger partial charge in [0.05, 0.1) is 12.9 Å². The minimum absolute atomic E-state index is 0. The lowest BCUT2D eigenvalue weighted by Crippen LogP contribution is -2.38. The fourth-order valence-electron chi connectivity index (χ4n) is 1.62. The number of alkyl halides is 3. The normalized spacial score (nSPS) is 11.9. The molecule has 0 aliphatic heterocycles. The maximum atomic E-state index is 12.4. The van der Waals surface area contributed by atoms with Gasteiger partial charge < -0.3 is 15.2 Å². The highest BCUT2D eigenvalue weighted by Crippen LogP contribution is 2.29. The van der Waals surface area contributed by atoms with Crippen molar-refractivity contribution in [2.75, 3.05) is 13.6 Å². The number of guanidine groups is 1. The van der Waals surface area contributed by atoms with E-state index in [4.69, 9.17) is 0 Å². The van der Waals surface area contributed by atoms with Crippen LogP contribution >= 0.6 is 35.3 Å². The molecule has 0 atom stereocenters. The number of aliphatic imine (C=N–C) groups is 1. The molecule has 0 radical (unpaired) electrons. The van der Waals surface area contributed by atoms with Crippen molar-refractivity contribution in [2.45, 2.75) is 19.3 Å². The van der Waals surface area contributed by atoms with Crippen molar-refractivity contribution < 1.29 is 13.2 Å². The van der Waals surface area contributed by atoms with Gasteiger partial charge in [0, 0.05) is 37.9 Å². The minimum Gasteiger partial charge on any atom is -0.355 e. The summed E-state index contributed by atoms with van der Waals surface area (Å²) in [5.41, 5.74) is -0.864. The van der Waals surface area contributed by atoms with Crippen LogP contribution in [0.1, 0.15) is 10.7 Å². The fourth-order valence-corrected chi connectivity index (χ4v) is 2.37. The molecule has 6 nitrogen and oxygen atoms in total. The quantitative estimate of drug-likeness (QED) is 0.409. The molecule has 0 aliphatic carbocycles. The number of imidazole rings is 1. The summed E-state index contributed by atoms with van der Waals surface area (Å²) in [6.45, 7) is 1.50. The Morgan fingerprint density at radius 2 is 2.17 bits per heavy atom. The maximum absolute atomic E-state index is 12.4. The summed E-state index contributed by atoms with van der Waals surface area (Å²) < 4.78 is 39.2. The molecular formula is C12H16F3IN6S. The number of thiazole rings is 1. The molecule has 23 heavy (non-hydrogen) atoms. The van der Waals surface area contributed by atoms with E-state index in [0.717, 1.165) is 16.7 Å². The van der Waals surface area contributed by atoms with E-state index in [-0.39, 0.29) is 30.5 Å². The van der Waals surface area contributed by atoms with Gasteiger partial charge in [-0.3, -0.25) is 4.99 Å². The van der Waals surface area contributed by atoms with Crippen molar-refractivity contribution >= 4 is 41.3 Å². The molecule has 11 heteroatoms. The van der Waals surface area contributed by atoms with Gasteiger partial charge in [0.25, 0.3) is 0 Å². The Morgan fingerprint density at radius 1 is 1.39 bits per heavy atom. The lowest BCUT2D eigenvalue weighted by atomic mass is 10.5. The standard InChI is InChI=1S/C12H15F3N6S.HI/c1-16-11(18-3-5-21-4-2-17-8-21)19-6-10-20-9(7-22-10)12(13,14)15;/h2,4,7-8H,3,5-6H2,1H3,(H2,16,18,19);1H. The van der Waals surface area contributed by atoms with Crippen LogP contribution in [0.15, 0.2) is 29.1 Å². The third-order valence-electron chi connectivity index (χ3n) is 2.69. The van der Waals surface area contributed by atoms with Crippen LogP contribution in [-0.2, 0) is 19.3 Å². The molecule has 0 fully saturated rings. The van der Waals surface area contributed by atoms with Crippen LogP contribution in [0.2, 0.25) is 0 Å². The first kappa shape index (κ1) is 19.7. The van der Waals surface area contributed by atoms with Gasteiger partial charge in [0.1, 0.15) is 5.01 Å². The summed E-state index contributed by atoms with van der Waals surface area (Å²) in [6, 6.07) is 0. The lowest BCUT2D eigenvalue weighted by molar-refractivity contribution is -0.140. The molecule has 0 aliphatic rings. The van der Waals surface area contributed by atoms with Gasteiger partial charge in [0.2, 0.25) is 0 Å². The zero-order valence-electron chi connectivity index (χ0n) is 12.2. The molecule has 0 saturated carbocycles. The van der Waals surface area contributed by atoms with Crippen LogP contribution in [0, 0.1) is 0 Å². The van der Waals surface area contributed by atoms with Crippen molar-refractivity contribution in [3.8, 4) is 0 Å². The number of nitrogens with zero attached hydrogens (tertiary/aromatic N) is 4. The molecule has 128 valence electrons. The second-order valence-corrected chi connectivity index (χ2v) is 5.22. The van der Waals surface area contributed by atoms with Gasteiger partial charge in [-0.05, 0) is 0 Å². The molecule has 2 heterocycles. The molecule has 2 rings (SSSR count).